The van der Waals surface area contributed by atoms with Gasteiger partial charge in [-0.3, -0.25) is 4.79 Å². The minimum absolute atomic E-state index is 0.0191. The number of carbonyl (C=O) groups excluding carboxylic acids is 1. The van der Waals surface area contributed by atoms with Crippen LogP contribution in [0.4, 0.5) is 8.78 Å². The van der Waals surface area contributed by atoms with Gasteiger partial charge in [0.15, 0.2) is 0 Å². The van der Waals surface area contributed by atoms with E-state index in [2.05, 4.69) is 39.7 Å². The molecule has 4 aromatic rings. The lowest BCUT2D eigenvalue weighted by atomic mass is 10.00. The smallest absolute Gasteiger partial charge is 0.251 e. The van der Waals surface area contributed by atoms with E-state index < -0.39 is 29.7 Å². The molecule has 2 unspecified atom stereocenters. The first kappa shape index (κ1) is 27.1. The van der Waals surface area contributed by atoms with E-state index in [0.29, 0.717) is 23.5 Å². The van der Waals surface area contributed by atoms with Crippen molar-refractivity contribution in [2.24, 2.45) is 0 Å². The van der Waals surface area contributed by atoms with E-state index in [1.54, 1.807) is 19.1 Å². The molecular weight excluding hydrogens is 490 g/mol. The maximum Gasteiger partial charge on any atom is 0.251 e. The summed E-state index contributed by atoms with van der Waals surface area (Å²) in [6.45, 7) is 4.49. The topological polar surface area (TPSA) is 100 Å². The first-order chi connectivity index (χ1) is 18.3. The van der Waals surface area contributed by atoms with Gasteiger partial charge < -0.3 is 20.2 Å². The van der Waals surface area contributed by atoms with Crippen molar-refractivity contribution < 1.29 is 23.1 Å². The highest BCUT2D eigenvalue weighted by atomic mass is 19.1. The highest BCUT2D eigenvalue weighted by molar-refractivity contribution is 5.95. The van der Waals surface area contributed by atoms with E-state index in [0.717, 1.165) is 18.1 Å². The monoisotopic (exact) mass is 520 g/mol. The zero-order chi connectivity index (χ0) is 27.1. The molecule has 0 aliphatic rings. The van der Waals surface area contributed by atoms with Crippen LogP contribution in [0.3, 0.4) is 0 Å². The van der Waals surface area contributed by atoms with Crippen molar-refractivity contribution in [1.29, 1.82) is 0 Å². The summed E-state index contributed by atoms with van der Waals surface area (Å²) in [7, 11) is 0. The number of amides is 1. The quantitative estimate of drug-likeness (QED) is 0.272. The highest BCUT2D eigenvalue weighted by Gasteiger charge is 2.24. The SMILES string of the molecule is CCc1cccc(CNCC(O)C(Cc2cc(F)cc(F)c2)NC(=O)c2cc(C)nc(-c3ncco3)c2)c1. The van der Waals surface area contributed by atoms with Crippen molar-refractivity contribution in [3.05, 3.63) is 107 Å². The number of halogens is 2. The van der Waals surface area contributed by atoms with Crippen molar-refractivity contribution in [2.45, 2.75) is 45.4 Å². The molecule has 38 heavy (non-hydrogen) atoms. The van der Waals surface area contributed by atoms with Gasteiger partial charge >= 0.3 is 0 Å². The number of aromatic nitrogens is 2. The maximum absolute atomic E-state index is 13.9. The first-order valence-corrected chi connectivity index (χ1v) is 12.4. The second kappa shape index (κ2) is 12.5. The molecule has 0 spiro atoms. The number of aryl methyl sites for hydroxylation is 2. The van der Waals surface area contributed by atoms with E-state index in [4.69, 9.17) is 4.42 Å². The van der Waals surface area contributed by atoms with Crippen molar-refractivity contribution in [3.63, 3.8) is 0 Å². The largest absolute Gasteiger partial charge is 0.443 e. The molecule has 9 heteroatoms. The summed E-state index contributed by atoms with van der Waals surface area (Å²) in [5.74, 6) is -1.66. The van der Waals surface area contributed by atoms with E-state index in [1.807, 2.05) is 12.1 Å². The number of rotatable bonds is 11. The lowest BCUT2D eigenvalue weighted by molar-refractivity contribution is 0.0829. The van der Waals surface area contributed by atoms with Gasteiger partial charge in [0.2, 0.25) is 5.89 Å². The normalized spacial score (nSPS) is 12.8. The maximum atomic E-state index is 13.9. The minimum atomic E-state index is -1.05. The Bertz CT molecular complexity index is 1360. The average Bonchev–Trinajstić information content (AvgIpc) is 3.43. The summed E-state index contributed by atoms with van der Waals surface area (Å²) >= 11 is 0. The predicted octanol–water partition coefficient (Wildman–Crippen LogP) is 4.38. The molecule has 2 atom stereocenters. The molecule has 2 aromatic carbocycles. The average molecular weight is 521 g/mol. The van der Waals surface area contributed by atoms with Gasteiger partial charge in [-0.05, 0) is 60.7 Å². The van der Waals surface area contributed by atoms with Crippen LogP contribution in [-0.2, 0) is 19.4 Å². The fourth-order valence-electron chi connectivity index (χ4n) is 4.24. The Labute approximate surface area is 220 Å². The summed E-state index contributed by atoms with van der Waals surface area (Å²) in [6.07, 6.45) is 2.78. The molecule has 0 saturated heterocycles. The van der Waals surface area contributed by atoms with Crippen LogP contribution < -0.4 is 10.6 Å². The van der Waals surface area contributed by atoms with Gasteiger partial charge in [0.05, 0.1) is 18.3 Å². The first-order valence-electron chi connectivity index (χ1n) is 12.4. The molecule has 7 nitrogen and oxygen atoms in total. The standard InChI is InChI=1S/C29H30F2N4O3/c1-3-19-5-4-6-20(10-19)16-32-17-27(36)25(13-21-11-23(30)15-24(31)12-21)35-28(37)22-9-18(2)34-26(14-22)29-33-7-8-38-29/h4-12,14-15,25,27,32,36H,3,13,16-17H2,1-2H3,(H,35,37). The molecule has 0 aliphatic heterocycles. The minimum Gasteiger partial charge on any atom is -0.443 e. The third-order valence-corrected chi connectivity index (χ3v) is 6.11. The van der Waals surface area contributed by atoms with Gasteiger partial charge in [0, 0.05) is 30.4 Å². The zero-order valence-corrected chi connectivity index (χ0v) is 21.2. The molecule has 0 saturated carbocycles. The Kier molecular flexibility index (Phi) is 8.93. The van der Waals surface area contributed by atoms with Crippen LogP contribution in [-0.4, -0.2) is 39.7 Å². The van der Waals surface area contributed by atoms with Crippen LogP contribution in [0.15, 0.2) is 71.5 Å². The number of aliphatic hydroxyl groups is 1. The molecule has 0 aliphatic carbocycles. The highest BCUT2D eigenvalue weighted by Crippen LogP contribution is 2.18. The van der Waals surface area contributed by atoms with E-state index in [9.17, 15) is 18.7 Å². The van der Waals surface area contributed by atoms with Crippen LogP contribution in [0.5, 0.6) is 0 Å². The Balaban J connectivity index is 1.51. The van der Waals surface area contributed by atoms with Crippen molar-refractivity contribution in [3.8, 4) is 11.6 Å². The summed E-state index contributed by atoms with van der Waals surface area (Å²) in [4.78, 5) is 21.7. The summed E-state index contributed by atoms with van der Waals surface area (Å²) in [6, 6.07) is 13.6. The van der Waals surface area contributed by atoms with Gasteiger partial charge in [-0.15, -0.1) is 0 Å². The fourth-order valence-corrected chi connectivity index (χ4v) is 4.24. The molecule has 1 amide bonds. The fraction of sp³-hybridized carbons (Fsp3) is 0.276. The second-order valence-corrected chi connectivity index (χ2v) is 9.15. The van der Waals surface area contributed by atoms with E-state index >= 15 is 0 Å². The predicted molar refractivity (Wildman–Crippen MR) is 139 cm³/mol. The van der Waals surface area contributed by atoms with Crippen LogP contribution in [0, 0.1) is 18.6 Å². The Morgan fingerprint density at radius 2 is 1.82 bits per heavy atom. The zero-order valence-electron chi connectivity index (χ0n) is 21.2. The van der Waals surface area contributed by atoms with Gasteiger partial charge in [-0.2, -0.15) is 0 Å². The Hall–Kier alpha value is -3.95. The van der Waals surface area contributed by atoms with Gasteiger partial charge in [0.25, 0.3) is 5.91 Å². The van der Waals surface area contributed by atoms with Crippen molar-refractivity contribution in [1.82, 2.24) is 20.6 Å². The van der Waals surface area contributed by atoms with Gasteiger partial charge in [0.1, 0.15) is 23.6 Å². The van der Waals surface area contributed by atoms with E-state index in [1.165, 1.54) is 30.2 Å². The van der Waals surface area contributed by atoms with Crippen LogP contribution in [0.1, 0.15) is 39.7 Å². The molecule has 0 radical (unpaired) electrons. The number of oxazole rings is 1. The van der Waals surface area contributed by atoms with Crippen LogP contribution in [0.25, 0.3) is 11.6 Å². The summed E-state index contributed by atoms with van der Waals surface area (Å²) < 4.78 is 33.0. The van der Waals surface area contributed by atoms with Crippen LogP contribution >= 0.6 is 0 Å². The number of nitrogens with zero attached hydrogens (tertiary/aromatic N) is 2. The van der Waals surface area contributed by atoms with E-state index in [-0.39, 0.29) is 24.4 Å². The van der Waals surface area contributed by atoms with Gasteiger partial charge in [-0.1, -0.05) is 31.2 Å². The number of benzene rings is 2. The Morgan fingerprint density at radius 1 is 1.05 bits per heavy atom. The number of aliphatic hydroxyl groups excluding tert-OH is 1. The van der Waals surface area contributed by atoms with Crippen molar-refractivity contribution in [2.75, 3.05) is 6.54 Å². The third kappa shape index (κ3) is 7.30. The number of nitrogens with one attached hydrogen (secondary N) is 2. The molecule has 0 bridgehead atoms. The molecule has 4 rings (SSSR count). The molecule has 0 fully saturated rings. The molecule has 2 aromatic heterocycles. The molecule has 198 valence electrons. The lowest BCUT2D eigenvalue weighted by Crippen LogP contribution is -2.48. The third-order valence-electron chi connectivity index (χ3n) is 6.11. The number of hydrogen-bond acceptors (Lipinski definition) is 6. The Morgan fingerprint density at radius 3 is 2.53 bits per heavy atom. The van der Waals surface area contributed by atoms with Crippen molar-refractivity contribution >= 4 is 5.91 Å². The number of carbonyl (C=O) groups is 1. The second-order valence-electron chi connectivity index (χ2n) is 9.15. The number of hydrogen-bond donors (Lipinski definition) is 3. The molecule has 2 heterocycles. The summed E-state index contributed by atoms with van der Waals surface area (Å²) in [5, 5.41) is 17.1. The van der Waals surface area contributed by atoms with Crippen LogP contribution in [0.2, 0.25) is 0 Å². The number of pyridine rings is 1. The molecular formula is C29H30F2N4O3. The molecule has 3 N–H and O–H groups in total. The van der Waals surface area contributed by atoms with Gasteiger partial charge in [-0.25, -0.2) is 18.7 Å². The lowest BCUT2D eigenvalue weighted by Gasteiger charge is -2.25. The summed E-state index contributed by atoms with van der Waals surface area (Å²) in [5.41, 5.74) is 3.84.